The summed E-state index contributed by atoms with van der Waals surface area (Å²) in [6.07, 6.45) is -1.23. The number of carbonyl (C=O) groups is 1. The molecule has 0 bridgehead atoms. The molecule has 2 aromatic carbocycles. The first-order valence-electron chi connectivity index (χ1n) is 10.2. The van der Waals surface area contributed by atoms with Gasteiger partial charge in [0.25, 0.3) is 5.56 Å². The molecule has 0 saturated carbocycles. The molecule has 1 atom stereocenters. The van der Waals surface area contributed by atoms with E-state index in [9.17, 15) is 14.7 Å². The average molecular weight is 503 g/mol. The number of aromatic hydroxyl groups is 1. The molecule has 35 heavy (non-hydrogen) atoms. The van der Waals surface area contributed by atoms with Crippen LogP contribution < -0.4 is 29.2 Å². The lowest BCUT2D eigenvalue weighted by Crippen LogP contribution is -2.22. The van der Waals surface area contributed by atoms with E-state index in [1.165, 1.54) is 40.1 Å². The summed E-state index contributed by atoms with van der Waals surface area (Å²) >= 11 is 5.33. The van der Waals surface area contributed by atoms with Gasteiger partial charge < -0.3 is 33.5 Å². The largest absolute Gasteiger partial charge is 0.494 e. The number of methoxy groups -OCH3 is 5. The molecular formula is C23H22N2O9S. The molecule has 3 aromatic rings. The molecule has 0 radical (unpaired) electrons. The van der Waals surface area contributed by atoms with Crippen molar-refractivity contribution in [3.05, 3.63) is 56.1 Å². The molecule has 11 nitrogen and oxygen atoms in total. The predicted molar refractivity (Wildman–Crippen MR) is 125 cm³/mol. The second-order valence-electron chi connectivity index (χ2n) is 7.27. The Morgan fingerprint density at radius 2 is 1.51 bits per heavy atom. The van der Waals surface area contributed by atoms with Crippen molar-refractivity contribution in [1.29, 1.82) is 0 Å². The van der Waals surface area contributed by atoms with Gasteiger partial charge >= 0.3 is 5.97 Å². The summed E-state index contributed by atoms with van der Waals surface area (Å²) < 4.78 is 33.3. The Bertz CT molecular complexity index is 1420. The van der Waals surface area contributed by atoms with Crippen molar-refractivity contribution in [2.24, 2.45) is 0 Å². The van der Waals surface area contributed by atoms with E-state index in [2.05, 4.69) is 4.98 Å². The minimum atomic E-state index is -1.23. The number of fused-ring (bicyclic) bond motifs is 1. The fraction of sp³-hybridized carbons (Fsp3) is 0.261. The highest BCUT2D eigenvalue weighted by Crippen LogP contribution is 2.46. The lowest BCUT2D eigenvalue weighted by molar-refractivity contribution is 0.0447. The van der Waals surface area contributed by atoms with Crippen LogP contribution in [-0.2, 0) is 4.74 Å². The topological polar surface area (TPSA) is 130 Å². The Hall–Kier alpha value is -4.19. The summed E-state index contributed by atoms with van der Waals surface area (Å²) in [5, 5.41) is 11.3. The molecule has 0 saturated heterocycles. The number of aromatic amines is 1. The molecule has 0 unspecified atom stereocenters. The summed E-state index contributed by atoms with van der Waals surface area (Å²) in [6, 6.07) is 6.23. The highest BCUT2D eigenvalue weighted by molar-refractivity contribution is 7.71. The fourth-order valence-corrected chi connectivity index (χ4v) is 4.31. The zero-order valence-corrected chi connectivity index (χ0v) is 20.3. The van der Waals surface area contributed by atoms with Gasteiger partial charge in [-0.2, -0.15) is 0 Å². The van der Waals surface area contributed by atoms with Crippen molar-refractivity contribution in [2.45, 2.75) is 6.10 Å². The third-order valence-electron chi connectivity index (χ3n) is 5.58. The summed E-state index contributed by atoms with van der Waals surface area (Å²) in [4.78, 5) is 28.2. The Morgan fingerprint density at radius 1 is 0.914 bits per heavy atom. The number of nitrogens with one attached hydrogen (secondary N) is 1. The van der Waals surface area contributed by atoms with Crippen molar-refractivity contribution in [3.8, 4) is 40.3 Å². The van der Waals surface area contributed by atoms with Gasteiger partial charge in [0.15, 0.2) is 33.9 Å². The second-order valence-corrected chi connectivity index (χ2v) is 7.65. The van der Waals surface area contributed by atoms with Crippen LogP contribution in [0.1, 0.15) is 27.6 Å². The number of nitrogens with zero attached hydrogens (tertiary/aromatic N) is 1. The molecule has 184 valence electrons. The van der Waals surface area contributed by atoms with Crippen LogP contribution in [0.3, 0.4) is 0 Å². The van der Waals surface area contributed by atoms with Crippen LogP contribution in [0.15, 0.2) is 29.1 Å². The van der Waals surface area contributed by atoms with Gasteiger partial charge in [0.05, 0.1) is 41.2 Å². The first kappa shape index (κ1) is 24.0. The van der Waals surface area contributed by atoms with Crippen molar-refractivity contribution in [2.75, 3.05) is 35.5 Å². The number of esters is 1. The Kier molecular flexibility index (Phi) is 6.31. The van der Waals surface area contributed by atoms with E-state index in [-0.39, 0.29) is 21.6 Å². The maximum atomic E-state index is 13.0. The maximum Gasteiger partial charge on any atom is 0.343 e. The van der Waals surface area contributed by atoms with Gasteiger partial charge in [-0.15, -0.1) is 0 Å². The number of hydrogen-bond acceptors (Lipinski definition) is 10. The third-order valence-corrected chi connectivity index (χ3v) is 5.86. The number of ether oxygens (including phenoxy) is 6. The van der Waals surface area contributed by atoms with E-state index in [0.29, 0.717) is 34.2 Å². The fourth-order valence-electron chi connectivity index (χ4n) is 4.03. The van der Waals surface area contributed by atoms with Crippen LogP contribution in [0, 0.1) is 4.77 Å². The molecule has 0 spiro atoms. The van der Waals surface area contributed by atoms with E-state index < -0.39 is 23.5 Å². The number of cyclic esters (lactones) is 1. The minimum Gasteiger partial charge on any atom is -0.494 e. The van der Waals surface area contributed by atoms with Gasteiger partial charge in [-0.1, -0.05) is 6.07 Å². The van der Waals surface area contributed by atoms with Crippen LogP contribution in [0.5, 0.6) is 34.6 Å². The normalized spacial score (nSPS) is 14.2. The van der Waals surface area contributed by atoms with Crippen molar-refractivity contribution < 1.29 is 38.3 Å². The Morgan fingerprint density at radius 3 is 2.06 bits per heavy atom. The summed E-state index contributed by atoms with van der Waals surface area (Å²) in [6.45, 7) is 0. The van der Waals surface area contributed by atoms with Crippen LogP contribution in [0.2, 0.25) is 0 Å². The summed E-state index contributed by atoms with van der Waals surface area (Å²) in [5.74, 6) is 0.126. The smallest absolute Gasteiger partial charge is 0.343 e. The molecule has 2 heterocycles. The van der Waals surface area contributed by atoms with Gasteiger partial charge in [-0.25, -0.2) is 4.79 Å². The van der Waals surface area contributed by atoms with Gasteiger partial charge in [0.2, 0.25) is 11.6 Å². The molecule has 1 aliphatic heterocycles. The third kappa shape index (κ3) is 3.71. The maximum absolute atomic E-state index is 13.0. The van der Waals surface area contributed by atoms with Crippen molar-refractivity contribution >= 4 is 18.2 Å². The highest BCUT2D eigenvalue weighted by Gasteiger charge is 2.40. The van der Waals surface area contributed by atoms with Crippen molar-refractivity contribution in [1.82, 2.24) is 9.55 Å². The number of H-pyrrole nitrogens is 1. The molecule has 0 amide bonds. The number of carbonyl (C=O) groups excluding carboxylic acids is 1. The molecule has 2 N–H and O–H groups in total. The van der Waals surface area contributed by atoms with Crippen LogP contribution in [0.4, 0.5) is 0 Å². The van der Waals surface area contributed by atoms with Gasteiger partial charge in [0.1, 0.15) is 11.1 Å². The second kappa shape index (κ2) is 9.22. The standard InChI is InChI=1S/C23H22N2O9S/c1-29-12-7-6-11-15(19(12)33-5)22(28)34-17(11)16-20(26)24-23(35)25(21(16)27)10-8-13(30-2)18(32-4)14(9-10)31-3/h6-9,17,27H,1-5H3,(H,24,26,35)/t17-/m0/s1. The number of aromatic nitrogens is 2. The van der Waals surface area contributed by atoms with E-state index >= 15 is 0 Å². The molecular weight excluding hydrogens is 480 g/mol. The molecule has 4 rings (SSSR count). The minimum absolute atomic E-state index is 0.0948. The molecule has 0 aliphatic carbocycles. The van der Waals surface area contributed by atoms with Gasteiger partial charge in [0, 0.05) is 17.7 Å². The Balaban J connectivity index is 1.97. The molecule has 0 fully saturated rings. The van der Waals surface area contributed by atoms with E-state index in [4.69, 9.17) is 40.6 Å². The van der Waals surface area contributed by atoms with Crippen LogP contribution in [-0.4, -0.2) is 56.2 Å². The zero-order valence-electron chi connectivity index (χ0n) is 19.5. The van der Waals surface area contributed by atoms with Crippen LogP contribution >= 0.6 is 12.2 Å². The lowest BCUT2D eigenvalue weighted by Gasteiger charge is -2.19. The van der Waals surface area contributed by atoms with E-state index in [0.717, 1.165) is 0 Å². The van der Waals surface area contributed by atoms with Gasteiger partial charge in [-0.3, -0.25) is 14.3 Å². The summed E-state index contributed by atoms with van der Waals surface area (Å²) in [5.41, 5.74) is -0.237. The number of rotatable bonds is 7. The molecule has 1 aromatic heterocycles. The first-order valence-corrected chi connectivity index (χ1v) is 10.6. The number of benzene rings is 2. The lowest BCUT2D eigenvalue weighted by atomic mass is 9.99. The van der Waals surface area contributed by atoms with Crippen molar-refractivity contribution in [3.63, 3.8) is 0 Å². The monoisotopic (exact) mass is 502 g/mol. The SMILES string of the molecule is COc1cc(-n2c(O)c([C@H]3OC(=O)c4c3ccc(OC)c4OC)c(=O)[nH]c2=S)cc(OC)c1OC. The molecule has 1 aliphatic rings. The van der Waals surface area contributed by atoms with Crippen LogP contribution in [0.25, 0.3) is 5.69 Å². The van der Waals surface area contributed by atoms with E-state index in [1.54, 1.807) is 24.3 Å². The highest BCUT2D eigenvalue weighted by atomic mass is 32.1. The van der Waals surface area contributed by atoms with E-state index in [1.807, 2.05) is 0 Å². The van der Waals surface area contributed by atoms with Gasteiger partial charge in [-0.05, 0) is 18.3 Å². The predicted octanol–water partition coefficient (Wildman–Crippen LogP) is 2.90. The Labute approximate surface area is 204 Å². The average Bonchev–Trinajstić information content (AvgIpc) is 3.18. The molecule has 12 heteroatoms. The quantitative estimate of drug-likeness (QED) is 0.367. The number of hydrogen-bond donors (Lipinski definition) is 2. The zero-order chi connectivity index (χ0) is 25.4. The first-order chi connectivity index (χ1) is 16.8. The summed E-state index contributed by atoms with van der Waals surface area (Å²) in [7, 11) is 7.15.